The topological polar surface area (TPSA) is 85.9 Å². The largest absolute Gasteiger partial charge is 0.476 e. The van der Waals surface area contributed by atoms with E-state index in [2.05, 4.69) is 0 Å². The fraction of sp³-hybridized carbons (Fsp3) is 0.333. The van der Waals surface area contributed by atoms with Crippen molar-refractivity contribution in [2.24, 2.45) is 0 Å². The van der Waals surface area contributed by atoms with E-state index in [9.17, 15) is 9.59 Å². The molecule has 0 rings (SSSR count). The molecule has 0 amide bonds. The van der Waals surface area contributed by atoms with E-state index in [1.165, 1.54) is 0 Å². The fourth-order valence-corrected chi connectivity index (χ4v) is 0. The van der Waals surface area contributed by atoms with Crippen LogP contribution in [0.15, 0.2) is 0 Å². The molecule has 0 heterocycles. The van der Waals surface area contributed by atoms with E-state index in [4.69, 9.17) is 5.11 Å². The number of hydrogen-bond donors (Lipinski definition) is 1. The number of aliphatic carboxylic acids is 1. The molecule has 0 unspecified atom stereocenters. The number of carboxylic acids is 1. The van der Waals surface area contributed by atoms with Crippen molar-refractivity contribution in [1.82, 2.24) is 0 Å². The van der Waals surface area contributed by atoms with Crippen molar-refractivity contribution in [1.29, 1.82) is 0 Å². The van der Waals surface area contributed by atoms with Crippen molar-refractivity contribution < 1.29 is 41.2 Å². The number of carboxylic acid groups (broad SMARTS) is 1. The minimum atomic E-state index is -1.38. The second kappa shape index (κ2) is 6.79. The molecule has 0 radical (unpaired) electrons. The second-order valence-corrected chi connectivity index (χ2v) is 0.861. The summed E-state index contributed by atoms with van der Waals surface area (Å²) in [5.41, 5.74) is 0. The number of carbonyl (C=O) groups is 2. The van der Waals surface area contributed by atoms with Gasteiger partial charge in [-0.1, -0.05) is 0 Å². The summed E-state index contributed by atoms with van der Waals surface area (Å²) in [4.78, 5) is 18.9. The van der Waals surface area contributed by atoms with Crippen molar-refractivity contribution in [2.75, 3.05) is 0 Å². The molecule has 5 heteroatoms. The summed E-state index contributed by atoms with van der Waals surface area (Å²) < 4.78 is 0. The maximum Gasteiger partial charge on any atom is 0.371 e. The molecule has 0 saturated heterocycles. The van der Waals surface area contributed by atoms with Crippen LogP contribution >= 0.6 is 0 Å². The SMILES string of the molecule is CC(=O)C(=O)O.O.[Mo]. The van der Waals surface area contributed by atoms with E-state index >= 15 is 0 Å². The smallest absolute Gasteiger partial charge is 0.371 e. The normalized spacial score (nSPS) is 5.62. The Bertz CT molecular complexity index is 77.3. The molecule has 0 aliphatic carbocycles. The third-order valence-electron chi connectivity index (χ3n) is 0.301. The van der Waals surface area contributed by atoms with Crippen LogP contribution in [0.1, 0.15) is 6.92 Å². The van der Waals surface area contributed by atoms with Gasteiger partial charge in [0.05, 0.1) is 0 Å². The third-order valence-corrected chi connectivity index (χ3v) is 0.301. The van der Waals surface area contributed by atoms with E-state index in [-0.39, 0.29) is 26.5 Å². The molecule has 0 aliphatic heterocycles. The zero-order valence-corrected chi connectivity index (χ0v) is 6.18. The molecule has 0 atom stereocenters. The van der Waals surface area contributed by atoms with Crippen LogP contribution in [0.4, 0.5) is 0 Å². The van der Waals surface area contributed by atoms with E-state index in [1.807, 2.05) is 0 Å². The summed E-state index contributed by atoms with van der Waals surface area (Å²) >= 11 is 0. The first-order valence-corrected chi connectivity index (χ1v) is 1.38. The molecule has 8 heavy (non-hydrogen) atoms. The van der Waals surface area contributed by atoms with Crippen molar-refractivity contribution in [3.8, 4) is 0 Å². The van der Waals surface area contributed by atoms with Crippen LogP contribution in [-0.2, 0) is 30.7 Å². The van der Waals surface area contributed by atoms with Crippen LogP contribution in [0.25, 0.3) is 0 Å². The van der Waals surface area contributed by atoms with Crippen molar-refractivity contribution in [3.05, 3.63) is 0 Å². The summed E-state index contributed by atoms with van der Waals surface area (Å²) in [6, 6.07) is 0. The average Bonchev–Trinajstić information content (AvgIpc) is 1.36. The van der Waals surface area contributed by atoms with Crippen molar-refractivity contribution >= 4 is 11.8 Å². The summed E-state index contributed by atoms with van der Waals surface area (Å²) in [6.07, 6.45) is 0. The van der Waals surface area contributed by atoms with Crippen LogP contribution in [0, 0.1) is 0 Å². The monoisotopic (exact) mass is 204 g/mol. The maximum atomic E-state index is 9.54. The van der Waals surface area contributed by atoms with Crippen molar-refractivity contribution in [3.63, 3.8) is 0 Å². The molecule has 0 fully saturated rings. The van der Waals surface area contributed by atoms with Crippen LogP contribution in [-0.4, -0.2) is 22.3 Å². The van der Waals surface area contributed by atoms with E-state index < -0.39 is 11.8 Å². The second-order valence-electron chi connectivity index (χ2n) is 0.861. The maximum absolute atomic E-state index is 9.54. The molecule has 3 N–H and O–H groups in total. The van der Waals surface area contributed by atoms with E-state index in [0.29, 0.717) is 0 Å². The zero-order valence-electron chi connectivity index (χ0n) is 4.17. The van der Waals surface area contributed by atoms with Gasteiger partial charge in [0.25, 0.3) is 0 Å². The molecule has 0 aromatic carbocycles. The first-order chi connectivity index (χ1) is 2.64. The summed E-state index contributed by atoms with van der Waals surface area (Å²) in [5, 5.41) is 7.64. The Balaban J connectivity index is -0.000000125. The van der Waals surface area contributed by atoms with Crippen LogP contribution in [0.3, 0.4) is 0 Å². The predicted octanol–water partition coefficient (Wildman–Crippen LogP) is -1.17. The Kier molecular flexibility index (Phi) is 13.3. The Hall–Kier alpha value is -0.212. The van der Waals surface area contributed by atoms with Gasteiger partial charge >= 0.3 is 5.97 Å². The van der Waals surface area contributed by atoms with Gasteiger partial charge in [-0.15, -0.1) is 0 Å². The summed E-state index contributed by atoms with van der Waals surface area (Å²) in [7, 11) is 0. The van der Waals surface area contributed by atoms with Gasteiger partial charge in [0, 0.05) is 28.0 Å². The Morgan fingerprint density at radius 3 is 1.50 bits per heavy atom. The average molecular weight is 202 g/mol. The Morgan fingerprint density at radius 2 is 1.50 bits per heavy atom. The van der Waals surface area contributed by atoms with Gasteiger partial charge in [0.1, 0.15) is 0 Å². The Labute approximate surface area is 60.5 Å². The molecule has 4 nitrogen and oxygen atoms in total. The molecule has 0 saturated carbocycles. The molecule has 0 spiro atoms. The predicted molar refractivity (Wildman–Crippen MR) is 21.9 cm³/mol. The summed E-state index contributed by atoms with van der Waals surface area (Å²) in [6.45, 7) is 1.00. The third kappa shape index (κ3) is 9.25. The van der Waals surface area contributed by atoms with E-state index in [0.717, 1.165) is 6.92 Å². The summed E-state index contributed by atoms with van der Waals surface area (Å²) in [5.74, 6) is -2.20. The number of hydrogen-bond acceptors (Lipinski definition) is 2. The standard InChI is InChI=1S/C3H4O3.Mo.H2O/c1-2(4)3(5)6;;/h1H3,(H,5,6);;1H2. The van der Waals surface area contributed by atoms with Gasteiger partial charge in [0.2, 0.25) is 5.78 Å². The zero-order chi connectivity index (χ0) is 5.15. The van der Waals surface area contributed by atoms with Gasteiger partial charge < -0.3 is 10.6 Å². The molecular formula is C3H6MoO4. The molecule has 0 aromatic heterocycles. The minimum Gasteiger partial charge on any atom is -0.476 e. The molecule has 0 aromatic rings. The fourth-order valence-electron chi connectivity index (χ4n) is 0. The minimum absolute atomic E-state index is 0. The van der Waals surface area contributed by atoms with E-state index in [1.54, 1.807) is 0 Å². The van der Waals surface area contributed by atoms with Gasteiger partial charge in [-0.2, -0.15) is 0 Å². The van der Waals surface area contributed by atoms with Gasteiger partial charge in [-0.25, -0.2) is 4.79 Å². The Morgan fingerprint density at radius 1 is 1.38 bits per heavy atom. The molecule has 48 valence electrons. The molecular weight excluding hydrogens is 196 g/mol. The van der Waals surface area contributed by atoms with Crippen molar-refractivity contribution in [2.45, 2.75) is 6.92 Å². The van der Waals surface area contributed by atoms with Gasteiger partial charge in [0.15, 0.2) is 0 Å². The number of Topliss-reactive ketones (excluding diaryl/α,β-unsaturated/α-hetero) is 1. The number of carbonyl (C=O) groups excluding carboxylic acids is 1. The first-order valence-electron chi connectivity index (χ1n) is 1.38. The number of rotatable bonds is 1. The van der Waals surface area contributed by atoms with Crippen LogP contribution in [0.2, 0.25) is 0 Å². The molecule has 0 aliphatic rings. The van der Waals surface area contributed by atoms with Gasteiger partial charge in [-0.05, 0) is 0 Å². The first kappa shape index (κ1) is 15.7. The van der Waals surface area contributed by atoms with Crippen LogP contribution < -0.4 is 0 Å². The number of ketones is 1. The molecule has 0 bridgehead atoms. The quantitative estimate of drug-likeness (QED) is 0.429. The van der Waals surface area contributed by atoms with Crippen LogP contribution in [0.5, 0.6) is 0 Å². The van der Waals surface area contributed by atoms with Gasteiger partial charge in [-0.3, -0.25) is 4.79 Å².